The van der Waals surface area contributed by atoms with Crippen molar-refractivity contribution in [2.75, 3.05) is 13.2 Å². The number of nitrogens with two attached hydrogens (primary N) is 1. The van der Waals surface area contributed by atoms with Crippen LogP contribution in [0.2, 0.25) is 0 Å². The first-order chi connectivity index (χ1) is 7.93. The van der Waals surface area contributed by atoms with E-state index in [1.54, 1.807) is 24.3 Å². The first kappa shape index (κ1) is 13.8. The molecule has 1 aromatic rings. The zero-order chi connectivity index (χ0) is 12.9. The number of aliphatic hydroxyl groups is 1. The van der Waals surface area contributed by atoms with E-state index in [1.807, 2.05) is 0 Å². The SMILES string of the molecule is NCCc1ccc(OCC(O)C(F)(F)F)cc1. The van der Waals surface area contributed by atoms with E-state index in [9.17, 15) is 13.2 Å². The summed E-state index contributed by atoms with van der Waals surface area (Å²) in [7, 11) is 0. The quantitative estimate of drug-likeness (QED) is 0.831. The third-order valence-corrected chi connectivity index (χ3v) is 2.14. The average molecular weight is 249 g/mol. The highest BCUT2D eigenvalue weighted by molar-refractivity contribution is 5.27. The number of halogens is 3. The number of alkyl halides is 3. The van der Waals surface area contributed by atoms with Gasteiger partial charge in [0.05, 0.1) is 0 Å². The highest BCUT2D eigenvalue weighted by Crippen LogP contribution is 2.21. The minimum Gasteiger partial charge on any atom is -0.491 e. The predicted molar refractivity (Wildman–Crippen MR) is 56.8 cm³/mol. The lowest BCUT2D eigenvalue weighted by Gasteiger charge is -2.15. The van der Waals surface area contributed by atoms with E-state index in [-0.39, 0.29) is 5.75 Å². The molecule has 0 heterocycles. The van der Waals surface area contributed by atoms with E-state index < -0.39 is 18.9 Å². The average Bonchev–Trinajstić information content (AvgIpc) is 2.27. The highest BCUT2D eigenvalue weighted by atomic mass is 19.4. The Kier molecular flexibility index (Phi) is 4.77. The summed E-state index contributed by atoms with van der Waals surface area (Å²) in [4.78, 5) is 0. The van der Waals surface area contributed by atoms with Crippen LogP contribution in [0.4, 0.5) is 13.2 Å². The van der Waals surface area contributed by atoms with Crippen molar-refractivity contribution in [3.63, 3.8) is 0 Å². The van der Waals surface area contributed by atoms with Gasteiger partial charge in [0.25, 0.3) is 0 Å². The Hall–Kier alpha value is -1.27. The molecule has 3 N–H and O–H groups in total. The number of benzene rings is 1. The van der Waals surface area contributed by atoms with Gasteiger partial charge in [-0.05, 0) is 30.7 Å². The van der Waals surface area contributed by atoms with Gasteiger partial charge in [-0.3, -0.25) is 0 Å². The maximum atomic E-state index is 12.0. The molecule has 0 saturated heterocycles. The fourth-order valence-corrected chi connectivity index (χ4v) is 1.19. The van der Waals surface area contributed by atoms with E-state index in [1.165, 1.54) is 0 Å². The van der Waals surface area contributed by atoms with E-state index in [2.05, 4.69) is 0 Å². The van der Waals surface area contributed by atoms with Gasteiger partial charge in [0.2, 0.25) is 0 Å². The minimum atomic E-state index is -4.65. The molecule has 96 valence electrons. The van der Waals surface area contributed by atoms with Crippen molar-refractivity contribution < 1.29 is 23.0 Å². The molecular weight excluding hydrogens is 235 g/mol. The molecule has 0 bridgehead atoms. The molecule has 1 atom stereocenters. The smallest absolute Gasteiger partial charge is 0.417 e. The summed E-state index contributed by atoms with van der Waals surface area (Å²) in [6, 6.07) is 6.55. The molecule has 0 aliphatic heterocycles. The van der Waals surface area contributed by atoms with Crippen LogP contribution in [0.1, 0.15) is 5.56 Å². The fourth-order valence-electron chi connectivity index (χ4n) is 1.19. The molecule has 1 aromatic carbocycles. The Bertz CT molecular complexity index is 338. The van der Waals surface area contributed by atoms with Gasteiger partial charge in [0.1, 0.15) is 12.4 Å². The molecule has 0 aliphatic rings. The van der Waals surface area contributed by atoms with Crippen LogP contribution in [-0.4, -0.2) is 30.5 Å². The van der Waals surface area contributed by atoms with Crippen molar-refractivity contribution in [3.05, 3.63) is 29.8 Å². The monoisotopic (exact) mass is 249 g/mol. The van der Waals surface area contributed by atoms with Gasteiger partial charge in [0, 0.05) is 0 Å². The molecule has 1 unspecified atom stereocenters. The molecule has 0 fully saturated rings. The van der Waals surface area contributed by atoms with Crippen LogP contribution in [0.5, 0.6) is 5.75 Å². The molecule has 17 heavy (non-hydrogen) atoms. The third kappa shape index (κ3) is 4.62. The summed E-state index contributed by atoms with van der Waals surface area (Å²) in [5.41, 5.74) is 6.34. The van der Waals surface area contributed by atoms with Crippen LogP contribution in [0.25, 0.3) is 0 Å². The van der Waals surface area contributed by atoms with Crippen molar-refractivity contribution >= 4 is 0 Å². The third-order valence-electron chi connectivity index (χ3n) is 2.14. The number of hydrogen-bond acceptors (Lipinski definition) is 3. The fraction of sp³-hybridized carbons (Fsp3) is 0.455. The lowest BCUT2D eigenvalue weighted by molar-refractivity contribution is -0.210. The standard InChI is InChI=1S/C11H14F3NO2/c12-11(13,14)10(16)7-17-9-3-1-8(2-4-9)5-6-15/h1-4,10,16H,5-7,15H2. The molecule has 0 radical (unpaired) electrons. The first-order valence-corrected chi connectivity index (χ1v) is 5.10. The molecule has 0 aliphatic carbocycles. The number of rotatable bonds is 5. The van der Waals surface area contributed by atoms with Crippen molar-refractivity contribution in [1.82, 2.24) is 0 Å². The zero-order valence-electron chi connectivity index (χ0n) is 9.07. The second-order valence-corrected chi connectivity index (χ2v) is 3.55. The molecule has 0 saturated carbocycles. The predicted octanol–water partition coefficient (Wildman–Crippen LogP) is 1.49. The van der Waals surface area contributed by atoms with Crippen molar-refractivity contribution in [2.45, 2.75) is 18.7 Å². The maximum Gasteiger partial charge on any atom is 0.417 e. The van der Waals surface area contributed by atoms with E-state index in [4.69, 9.17) is 15.6 Å². The van der Waals surface area contributed by atoms with Crippen LogP contribution >= 0.6 is 0 Å². The summed E-state index contributed by atoms with van der Waals surface area (Å²) in [5.74, 6) is 0.286. The Labute approximate surface area is 97.0 Å². The van der Waals surface area contributed by atoms with Gasteiger partial charge in [-0.1, -0.05) is 12.1 Å². The van der Waals surface area contributed by atoms with Gasteiger partial charge in [-0.25, -0.2) is 0 Å². The molecular formula is C11H14F3NO2. The molecule has 0 aromatic heterocycles. The molecule has 0 amide bonds. The van der Waals surface area contributed by atoms with Crippen LogP contribution in [0.3, 0.4) is 0 Å². The second-order valence-electron chi connectivity index (χ2n) is 3.55. The topological polar surface area (TPSA) is 55.5 Å². The van der Waals surface area contributed by atoms with Gasteiger partial charge < -0.3 is 15.6 Å². The Morgan fingerprint density at radius 2 is 1.82 bits per heavy atom. The van der Waals surface area contributed by atoms with E-state index in [0.29, 0.717) is 13.0 Å². The van der Waals surface area contributed by atoms with Gasteiger partial charge in [0.15, 0.2) is 6.10 Å². The summed E-state index contributed by atoms with van der Waals surface area (Å²) >= 11 is 0. The lowest BCUT2D eigenvalue weighted by atomic mass is 10.1. The zero-order valence-corrected chi connectivity index (χ0v) is 9.07. The van der Waals surface area contributed by atoms with Crippen LogP contribution in [-0.2, 0) is 6.42 Å². The van der Waals surface area contributed by atoms with Gasteiger partial charge >= 0.3 is 6.18 Å². The minimum absolute atomic E-state index is 0.286. The molecule has 6 heteroatoms. The molecule has 3 nitrogen and oxygen atoms in total. The Morgan fingerprint density at radius 3 is 2.29 bits per heavy atom. The molecule has 1 rings (SSSR count). The van der Waals surface area contributed by atoms with Gasteiger partial charge in [-0.2, -0.15) is 13.2 Å². The Balaban J connectivity index is 2.47. The normalized spacial score (nSPS) is 13.5. The number of hydrogen-bond donors (Lipinski definition) is 2. The van der Waals surface area contributed by atoms with Crippen molar-refractivity contribution in [3.8, 4) is 5.75 Å². The Morgan fingerprint density at radius 1 is 1.24 bits per heavy atom. The second kappa shape index (κ2) is 5.88. The van der Waals surface area contributed by atoms with Crippen LogP contribution in [0.15, 0.2) is 24.3 Å². The van der Waals surface area contributed by atoms with Crippen molar-refractivity contribution in [2.24, 2.45) is 5.73 Å². The highest BCUT2D eigenvalue weighted by Gasteiger charge is 2.38. The largest absolute Gasteiger partial charge is 0.491 e. The van der Waals surface area contributed by atoms with Gasteiger partial charge in [-0.15, -0.1) is 0 Å². The first-order valence-electron chi connectivity index (χ1n) is 5.10. The van der Waals surface area contributed by atoms with E-state index in [0.717, 1.165) is 5.56 Å². The summed E-state index contributed by atoms with van der Waals surface area (Å²) in [5, 5.41) is 8.72. The summed E-state index contributed by atoms with van der Waals surface area (Å²) < 4.78 is 40.7. The summed E-state index contributed by atoms with van der Waals surface area (Å²) in [6.07, 6.45) is -6.42. The van der Waals surface area contributed by atoms with Crippen LogP contribution < -0.4 is 10.5 Å². The van der Waals surface area contributed by atoms with E-state index >= 15 is 0 Å². The number of ether oxygens (including phenoxy) is 1. The lowest BCUT2D eigenvalue weighted by Crippen LogP contribution is -2.34. The molecule has 0 spiro atoms. The van der Waals surface area contributed by atoms with Crippen LogP contribution in [0, 0.1) is 0 Å². The van der Waals surface area contributed by atoms with Crippen molar-refractivity contribution in [1.29, 1.82) is 0 Å². The maximum absolute atomic E-state index is 12.0. The number of aliphatic hydroxyl groups excluding tert-OH is 1. The summed E-state index contributed by atoms with van der Waals surface area (Å²) in [6.45, 7) is -0.299.